The molecule has 1 unspecified atom stereocenters. The van der Waals surface area contributed by atoms with Crippen LogP contribution in [0, 0.1) is 0 Å². The molecule has 0 aliphatic heterocycles. The maximum atomic E-state index is 10.7. The van der Waals surface area contributed by atoms with E-state index in [1.807, 2.05) is 46.7 Å². The van der Waals surface area contributed by atoms with E-state index in [0.717, 1.165) is 7.11 Å². The molecule has 1 atom stereocenters. The summed E-state index contributed by atoms with van der Waals surface area (Å²) in [5.41, 5.74) is 0. The number of phosphoric acid groups is 1. The zero-order chi connectivity index (χ0) is 12.9. The molecule has 0 bridgehead atoms. The molecule has 0 spiro atoms. The number of phosphoric ester groups is 1. The van der Waals surface area contributed by atoms with Crippen molar-refractivity contribution in [1.82, 2.24) is 4.90 Å². The smallest absolute Gasteiger partial charge is 0.307 e. The van der Waals surface area contributed by atoms with Gasteiger partial charge in [-0.05, 0) is 14.1 Å². The first-order chi connectivity index (χ1) is 6.98. The molecule has 6 heteroatoms. The van der Waals surface area contributed by atoms with Crippen molar-refractivity contribution in [1.29, 1.82) is 0 Å². The maximum Gasteiger partial charge on any atom is 0.471 e. The van der Waals surface area contributed by atoms with E-state index >= 15 is 0 Å². The zero-order valence-electron chi connectivity index (χ0n) is 11.0. The van der Waals surface area contributed by atoms with Crippen LogP contribution in [0.3, 0.4) is 0 Å². The Kier molecular flexibility index (Phi) is 19.2. The van der Waals surface area contributed by atoms with Crippen molar-refractivity contribution in [2.24, 2.45) is 0 Å². The van der Waals surface area contributed by atoms with Gasteiger partial charge in [0.25, 0.3) is 0 Å². The van der Waals surface area contributed by atoms with Crippen molar-refractivity contribution in [2.45, 2.75) is 27.7 Å². The number of nitrogens with zero attached hydrogens (tertiary/aromatic N) is 1. The van der Waals surface area contributed by atoms with E-state index in [9.17, 15) is 4.57 Å². The van der Waals surface area contributed by atoms with Gasteiger partial charge in [0.05, 0.1) is 6.61 Å². The van der Waals surface area contributed by atoms with E-state index in [2.05, 4.69) is 9.05 Å². The van der Waals surface area contributed by atoms with Crippen LogP contribution in [-0.4, -0.2) is 44.2 Å². The van der Waals surface area contributed by atoms with Gasteiger partial charge in [-0.15, -0.1) is 0 Å². The van der Waals surface area contributed by atoms with Gasteiger partial charge in [0.15, 0.2) is 0 Å². The predicted molar refractivity (Wildman–Crippen MR) is 64.0 cm³/mol. The molecule has 0 heterocycles. The Labute approximate surface area is 94.0 Å². The average Bonchev–Trinajstić information content (AvgIpc) is 2.23. The van der Waals surface area contributed by atoms with E-state index in [4.69, 9.17) is 4.89 Å². The summed E-state index contributed by atoms with van der Waals surface area (Å²) >= 11 is 0. The first kappa shape index (κ1) is 20.5. The molecular formula is C9H26NO4P. The second-order valence-corrected chi connectivity index (χ2v) is 3.85. The van der Waals surface area contributed by atoms with Crippen molar-refractivity contribution < 1.29 is 18.5 Å². The molecule has 0 saturated heterocycles. The highest BCUT2D eigenvalue weighted by Gasteiger charge is 2.17. The first-order valence-electron chi connectivity index (χ1n) is 5.16. The first-order valence-corrected chi connectivity index (χ1v) is 6.65. The summed E-state index contributed by atoms with van der Waals surface area (Å²) in [6.45, 7) is 8.78. The van der Waals surface area contributed by atoms with Gasteiger partial charge >= 0.3 is 7.82 Å². The van der Waals surface area contributed by atoms with Gasteiger partial charge < -0.3 is 9.79 Å². The lowest BCUT2D eigenvalue weighted by Gasteiger charge is -2.11. The number of rotatable bonds is 5. The molecule has 0 amide bonds. The summed E-state index contributed by atoms with van der Waals surface area (Å²) in [6, 6.07) is 0. The summed E-state index contributed by atoms with van der Waals surface area (Å²) in [5, 5.41) is 0. The molecule has 15 heavy (non-hydrogen) atoms. The minimum Gasteiger partial charge on any atom is -0.307 e. The van der Waals surface area contributed by atoms with Crippen molar-refractivity contribution in [2.75, 3.05) is 34.4 Å². The summed E-state index contributed by atoms with van der Waals surface area (Å²) in [6.07, 6.45) is 0. The standard InChI is InChI=1S/C5H14NO4P.2C2H6/c1-6(2)4-5-10-11(7,8)9-3;2*1-2/h4-5H2,1-3H3,(H,7,8);2*1-2H3. The highest BCUT2D eigenvalue weighted by Crippen LogP contribution is 2.41. The summed E-state index contributed by atoms with van der Waals surface area (Å²) in [4.78, 5) is 10.6. The average molecular weight is 243 g/mol. The summed E-state index contributed by atoms with van der Waals surface area (Å²) in [7, 11) is 1.07. The number of hydrogen-bond donors (Lipinski definition) is 1. The van der Waals surface area contributed by atoms with E-state index in [1.165, 1.54) is 0 Å². The lowest BCUT2D eigenvalue weighted by atomic mass is 10.6. The monoisotopic (exact) mass is 243 g/mol. The molecule has 96 valence electrons. The van der Waals surface area contributed by atoms with Crippen LogP contribution in [-0.2, 0) is 13.6 Å². The third kappa shape index (κ3) is 20.2. The highest BCUT2D eigenvalue weighted by atomic mass is 31.2. The van der Waals surface area contributed by atoms with Gasteiger partial charge in [-0.3, -0.25) is 9.05 Å². The van der Waals surface area contributed by atoms with Crippen molar-refractivity contribution in [3.8, 4) is 0 Å². The van der Waals surface area contributed by atoms with E-state index < -0.39 is 7.82 Å². The Hall–Kier alpha value is 0.0700. The van der Waals surface area contributed by atoms with Crippen LogP contribution in [0.2, 0.25) is 0 Å². The molecule has 5 nitrogen and oxygen atoms in total. The van der Waals surface area contributed by atoms with Gasteiger partial charge in [-0.25, -0.2) is 4.57 Å². The molecule has 0 aromatic heterocycles. The normalized spacial score (nSPS) is 13.1. The number of hydrogen-bond acceptors (Lipinski definition) is 4. The van der Waals surface area contributed by atoms with E-state index in [1.54, 1.807) is 0 Å². The molecular weight excluding hydrogens is 217 g/mol. The molecule has 0 saturated carbocycles. The van der Waals surface area contributed by atoms with Crippen molar-refractivity contribution >= 4 is 7.82 Å². The third-order valence-corrected chi connectivity index (χ3v) is 1.99. The van der Waals surface area contributed by atoms with Crippen LogP contribution in [0.15, 0.2) is 0 Å². The fraction of sp³-hybridized carbons (Fsp3) is 1.00. The highest BCUT2D eigenvalue weighted by molar-refractivity contribution is 7.47. The quantitative estimate of drug-likeness (QED) is 0.751. The van der Waals surface area contributed by atoms with Crippen LogP contribution >= 0.6 is 7.82 Å². The molecule has 0 fully saturated rings. The largest absolute Gasteiger partial charge is 0.471 e. The van der Waals surface area contributed by atoms with E-state index in [-0.39, 0.29) is 6.61 Å². The van der Waals surface area contributed by atoms with Gasteiger partial charge in [-0.1, -0.05) is 27.7 Å². The molecule has 0 rings (SSSR count). The Balaban J connectivity index is -0.000000318. The molecule has 0 aliphatic rings. The maximum absolute atomic E-state index is 10.7. The lowest BCUT2D eigenvalue weighted by molar-refractivity contribution is 0.161. The molecule has 0 radical (unpaired) electrons. The van der Waals surface area contributed by atoms with Gasteiger partial charge in [0.2, 0.25) is 0 Å². The zero-order valence-corrected chi connectivity index (χ0v) is 11.9. The van der Waals surface area contributed by atoms with Crippen molar-refractivity contribution in [3.63, 3.8) is 0 Å². The predicted octanol–water partition coefficient (Wildman–Crippen LogP) is 2.36. The van der Waals surface area contributed by atoms with Gasteiger partial charge in [0.1, 0.15) is 0 Å². The summed E-state index contributed by atoms with van der Waals surface area (Å²) < 4.78 is 19.4. The van der Waals surface area contributed by atoms with Crippen LogP contribution in [0.25, 0.3) is 0 Å². The van der Waals surface area contributed by atoms with Gasteiger partial charge in [-0.2, -0.15) is 0 Å². The Morgan fingerprint density at radius 1 is 1.20 bits per heavy atom. The van der Waals surface area contributed by atoms with Crippen LogP contribution in [0.4, 0.5) is 0 Å². The fourth-order valence-corrected chi connectivity index (χ4v) is 0.809. The summed E-state index contributed by atoms with van der Waals surface area (Å²) in [5.74, 6) is 0. The van der Waals surface area contributed by atoms with E-state index in [0.29, 0.717) is 6.54 Å². The second-order valence-electron chi connectivity index (χ2n) is 2.29. The third-order valence-electron chi connectivity index (χ3n) is 1.02. The fourth-order valence-electron chi connectivity index (χ4n) is 0.391. The lowest BCUT2D eigenvalue weighted by Crippen LogP contribution is -2.17. The minimum absolute atomic E-state index is 0.189. The van der Waals surface area contributed by atoms with Crippen LogP contribution < -0.4 is 0 Å². The Bertz CT molecular complexity index is 153. The molecule has 1 N–H and O–H groups in total. The SMILES string of the molecule is CC.CC.COP(=O)(O)OCCN(C)C. The second kappa shape index (κ2) is 14.1. The minimum atomic E-state index is -3.76. The molecule has 0 aromatic rings. The number of likely N-dealkylation sites (N-methyl/N-ethyl adjacent to an activating group) is 1. The van der Waals surface area contributed by atoms with Crippen LogP contribution in [0.5, 0.6) is 0 Å². The Morgan fingerprint density at radius 2 is 1.60 bits per heavy atom. The van der Waals surface area contributed by atoms with Crippen LogP contribution in [0.1, 0.15) is 27.7 Å². The Morgan fingerprint density at radius 3 is 1.87 bits per heavy atom. The topological polar surface area (TPSA) is 59.0 Å². The van der Waals surface area contributed by atoms with Gasteiger partial charge in [0, 0.05) is 13.7 Å². The van der Waals surface area contributed by atoms with Crippen molar-refractivity contribution in [3.05, 3.63) is 0 Å². The molecule has 0 aromatic carbocycles. The molecule has 0 aliphatic carbocycles.